The van der Waals surface area contributed by atoms with Gasteiger partial charge in [0.05, 0.1) is 0 Å². The maximum atomic E-state index is 11.4. The number of hydrogen-bond donors (Lipinski definition) is 0. The molecule has 0 radical (unpaired) electrons. The lowest BCUT2D eigenvalue weighted by molar-refractivity contribution is -0.130. The number of piperazine rings is 1. The molecule has 98 valence electrons. The molecule has 2 rings (SSSR count). The van der Waals surface area contributed by atoms with Crippen molar-refractivity contribution in [2.24, 2.45) is 5.92 Å². The Morgan fingerprint density at radius 1 is 1.18 bits per heavy atom. The molecule has 0 saturated carbocycles. The van der Waals surface area contributed by atoms with E-state index in [2.05, 4.69) is 4.90 Å². The molecule has 0 aromatic carbocycles. The highest BCUT2D eigenvalue weighted by atomic mass is 35.5. The van der Waals surface area contributed by atoms with E-state index in [1.165, 1.54) is 12.8 Å². The number of ether oxygens (including phenoxy) is 1. The summed E-state index contributed by atoms with van der Waals surface area (Å²) in [6.45, 7) is 6.61. The molecule has 2 saturated heterocycles. The number of amides is 1. The number of rotatable bonds is 3. The van der Waals surface area contributed by atoms with Gasteiger partial charge in [-0.3, -0.25) is 9.69 Å². The molecule has 0 atom stereocenters. The van der Waals surface area contributed by atoms with Crippen molar-refractivity contribution in [2.75, 3.05) is 51.8 Å². The molecule has 0 aromatic heterocycles. The summed E-state index contributed by atoms with van der Waals surface area (Å²) in [5.41, 5.74) is 0. The first kappa shape index (κ1) is 13.1. The number of carbonyl (C=O) groups is 1. The largest absolute Gasteiger partial charge is 0.381 e. The Labute approximate surface area is 108 Å². The molecule has 2 aliphatic rings. The van der Waals surface area contributed by atoms with E-state index in [0.717, 1.165) is 51.9 Å². The van der Waals surface area contributed by atoms with Crippen LogP contribution >= 0.6 is 11.6 Å². The van der Waals surface area contributed by atoms with Crippen molar-refractivity contribution in [3.63, 3.8) is 0 Å². The van der Waals surface area contributed by atoms with Crippen LogP contribution in [0.25, 0.3) is 0 Å². The molecule has 1 amide bonds. The molecule has 0 N–H and O–H groups in total. The summed E-state index contributed by atoms with van der Waals surface area (Å²) in [4.78, 5) is 15.8. The molecule has 0 spiro atoms. The Morgan fingerprint density at radius 3 is 2.41 bits per heavy atom. The minimum atomic E-state index is 0.0670. The molecule has 2 heterocycles. The van der Waals surface area contributed by atoms with Crippen LogP contribution in [0.1, 0.15) is 12.8 Å². The van der Waals surface area contributed by atoms with E-state index in [0.29, 0.717) is 0 Å². The van der Waals surface area contributed by atoms with E-state index < -0.39 is 0 Å². The van der Waals surface area contributed by atoms with E-state index >= 15 is 0 Å². The number of carbonyl (C=O) groups excluding carboxylic acids is 1. The molecule has 0 aromatic rings. The standard InChI is InChI=1S/C12H21ClN2O2/c13-9-12(16)15-5-3-14(4-6-15)10-11-1-7-17-8-2-11/h11H,1-10H2. The van der Waals surface area contributed by atoms with Crippen LogP contribution in [0.4, 0.5) is 0 Å². The van der Waals surface area contributed by atoms with E-state index in [4.69, 9.17) is 16.3 Å². The number of halogens is 1. The van der Waals surface area contributed by atoms with E-state index in [1.54, 1.807) is 0 Å². The van der Waals surface area contributed by atoms with Gasteiger partial charge in [-0.2, -0.15) is 0 Å². The topological polar surface area (TPSA) is 32.8 Å². The summed E-state index contributed by atoms with van der Waals surface area (Å²) in [5.74, 6) is 0.955. The van der Waals surface area contributed by atoms with Crippen molar-refractivity contribution in [2.45, 2.75) is 12.8 Å². The van der Waals surface area contributed by atoms with Gasteiger partial charge in [0.15, 0.2) is 0 Å². The molecule has 4 nitrogen and oxygen atoms in total. The van der Waals surface area contributed by atoms with Gasteiger partial charge in [0, 0.05) is 45.9 Å². The summed E-state index contributed by atoms with van der Waals surface area (Å²) in [5, 5.41) is 0. The predicted octanol–water partition coefficient (Wildman–Crippen LogP) is 0.796. The van der Waals surface area contributed by atoms with Crippen LogP contribution in [0.2, 0.25) is 0 Å². The van der Waals surface area contributed by atoms with Crippen molar-refractivity contribution in [3.05, 3.63) is 0 Å². The summed E-state index contributed by atoms with van der Waals surface area (Å²) in [6.07, 6.45) is 2.36. The van der Waals surface area contributed by atoms with Crippen LogP contribution in [0.15, 0.2) is 0 Å². The van der Waals surface area contributed by atoms with Crippen LogP contribution < -0.4 is 0 Å². The normalized spacial score (nSPS) is 23.9. The van der Waals surface area contributed by atoms with Gasteiger partial charge < -0.3 is 9.64 Å². The first-order valence-corrected chi connectivity index (χ1v) is 6.97. The zero-order valence-corrected chi connectivity index (χ0v) is 11.0. The van der Waals surface area contributed by atoms with Crippen molar-refractivity contribution in [3.8, 4) is 0 Å². The highest BCUT2D eigenvalue weighted by molar-refractivity contribution is 6.27. The zero-order chi connectivity index (χ0) is 12.1. The predicted molar refractivity (Wildman–Crippen MR) is 67.3 cm³/mol. The Kier molecular flexibility index (Phi) is 5.07. The lowest BCUT2D eigenvalue weighted by atomic mass is 9.99. The highest BCUT2D eigenvalue weighted by Crippen LogP contribution is 2.17. The molecule has 17 heavy (non-hydrogen) atoms. The lowest BCUT2D eigenvalue weighted by Crippen LogP contribution is -2.50. The van der Waals surface area contributed by atoms with Gasteiger partial charge in [-0.05, 0) is 18.8 Å². The first-order chi connectivity index (χ1) is 8.29. The van der Waals surface area contributed by atoms with Crippen LogP contribution in [0.5, 0.6) is 0 Å². The van der Waals surface area contributed by atoms with Crippen molar-refractivity contribution in [1.29, 1.82) is 0 Å². The number of hydrogen-bond acceptors (Lipinski definition) is 3. The van der Waals surface area contributed by atoms with Crippen molar-refractivity contribution < 1.29 is 9.53 Å². The summed E-state index contributed by atoms with van der Waals surface area (Å²) in [6, 6.07) is 0. The second-order valence-electron chi connectivity index (χ2n) is 4.87. The van der Waals surface area contributed by atoms with Gasteiger partial charge in [-0.1, -0.05) is 0 Å². The molecular weight excluding hydrogens is 240 g/mol. The fourth-order valence-corrected chi connectivity index (χ4v) is 2.73. The molecular formula is C12H21ClN2O2. The van der Waals surface area contributed by atoms with Crippen LogP contribution in [-0.4, -0.2) is 67.5 Å². The van der Waals surface area contributed by atoms with Gasteiger partial charge in [0.2, 0.25) is 5.91 Å². The fourth-order valence-electron chi connectivity index (χ4n) is 2.56. The van der Waals surface area contributed by atoms with Gasteiger partial charge in [0.25, 0.3) is 0 Å². The average molecular weight is 261 g/mol. The molecule has 0 aliphatic carbocycles. The molecule has 5 heteroatoms. The second-order valence-corrected chi connectivity index (χ2v) is 5.14. The van der Waals surface area contributed by atoms with E-state index in [-0.39, 0.29) is 11.8 Å². The molecule has 2 fully saturated rings. The Morgan fingerprint density at radius 2 is 1.82 bits per heavy atom. The van der Waals surface area contributed by atoms with Crippen LogP contribution in [0.3, 0.4) is 0 Å². The minimum absolute atomic E-state index is 0.0670. The Hall–Kier alpha value is -0.320. The Bertz CT molecular complexity index is 249. The SMILES string of the molecule is O=C(CCl)N1CCN(CC2CCOCC2)CC1. The maximum Gasteiger partial charge on any atom is 0.237 e. The van der Waals surface area contributed by atoms with E-state index in [1.807, 2.05) is 4.90 Å². The maximum absolute atomic E-state index is 11.4. The third kappa shape index (κ3) is 3.83. The monoisotopic (exact) mass is 260 g/mol. The minimum Gasteiger partial charge on any atom is -0.381 e. The number of alkyl halides is 1. The third-order valence-electron chi connectivity index (χ3n) is 3.70. The summed E-state index contributed by atoms with van der Waals surface area (Å²) in [7, 11) is 0. The highest BCUT2D eigenvalue weighted by Gasteiger charge is 2.23. The van der Waals surface area contributed by atoms with Gasteiger partial charge >= 0.3 is 0 Å². The average Bonchev–Trinajstić information content (AvgIpc) is 2.40. The fraction of sp³-hybridized carbons (Fsp3) is 0.917. The van der Waals surface area contributed by atoms with Crippen LogP contribution in [0, 0.1) is 5.92 Å². The quantitative estimate of drug-likeness (QED) is 0.704. The van der Waals surface area contributed by atoms with Crippen molar-refractivity contribution >= 4 is 17.5 Å². The molecule has 0 bridgehead atoms. The van der Waals surface area contributed by atoms with Gasteiger partial charge in [-0.25, -0.2) is 0 Å². The second kappa shape index (κ2) is 6.57. The summed E-state index contributed by atoms with van der Waals surface area (Å²) >= 11 is 5.56. The summed E-state index contributed by atoms with van der Waals surface area (Å²) < 4.78 is 5.37. The van der Waals surface area contributed by atoms with Gasteiger partial charge in [0.1, 0.15) is 5.88 Å². The lowest BCUT2D eigenvalue weighted by Gasteiger charge is -2.37. The molecule has 2 aliphatic heterocycles. The van der Waals surface area contributed by atoms with Crippen LogP contribution in [-0.2, 0) is 9.53 Å². The van der Waals surface area contributed by atoms with Gasteiger partial charge in [-0.15, -0.1) is 11.6 Å². The first-order valence-electron chi connectivity index (χ1n) is 6.43. The van der Waals surface area contributed by atoms with Crippen molar-refractivity contribution in [1.82, 2.24) is 9.80 Å². The third-order valence-corrected chi connectivity index (χ3v) is 3.93. The smallest absolute Gasteiger partial charge is 0.237 e. The molecule has 0 unspecified atom stereocenters. The zero-order valence-electron chi connectivity index (χ0n) is 10.2. The van der Waals surface area contributed by atoms with E-state index in [9.17, 15) is 4.79 Å². The Balaban J connectivity index is 1.69. The number of nitrogens with zero attached hydrogens (tertiary/aromatic N) is 2.